The summed E-state index contributed by atoms with van der Waals surface area (Å²) in [5.41, 5.74) is -0.327. The van der Waals surface area contributed by atoms with Gasteiger partial charge in [0.05, 0.1) is 5.69 Å². The molecule has 1 aromatic carbocycles. The molecule has 1 fully saturated rings. The van der Waals surface area contributed by atoms with Gasteiger partial charge in [-0.15, -0.1) is 0 Å². The van der Waals surface area contributed by atoms with Gasteiger partial charge >= 0.3 is 6.18 Å². The number of nitrogens with zero attached hydrogens (tertiary/aromatic N) is 1. The third-order valence-electron chi connectivity index (χ3n) is 2.96. The van der Waals surface area contributed by atoms with E-state index in [-0.39, 0.29) is 28.6 Å². The number of hydrogen-bond acceptors (Lipinski definition) is 2. The van der Waals surface area contributed by atoms with Crippen LogP contribution in [0.3, 0.4) is 0 Å². The molecule has 0 aromatic heterocycles. The highest BCUT2D eigenvalue weighted by atomic mass is 35.5. The molecule has 1 aliphatic rings. The molecule has 0 unspecified atom stereocenters. The number of hydrogen-bond donors (Lipinski definition) is 1. The highest BCUT2D eigenvalue weighted by Gasteiger charge is 2.41. The Labute approximate surface area is 112 Å². The SMILES string of the molecule is O=C1CCCN1c1cc(Cl)ccc1[C@@H](O)C(F)(F)F. The van der Waals surface area contributed by atoms with Gasteiger partial charge in [-0.05, 0) is 18.6 Å². The molecule has 3 nitrogen and oxygen atoms in total. The van der Waals surface area contributed by atoms with Gasteiger partial charge in [-0.1, -0.05) is 17.7 Å². The van der Waals surface area contributed by atoms with Gasteiger partial charge in [0.2, 0.25) is 5.91 Å². The van der Waals surface area contributed by atoms with E-state index in [1.165, 1.54) is 17.0 Å². The number of halogens is 4. The largest absolute Gasteiger partial charge is 0.418 e. The first-order valence-corrected chi connectivity index (χ1v) is 6.03. The predicted octanol–water partition coefficient (Wildman–Crippen LogP) is 3.06. The molecular formula is C12H11ClF3NO2. The summed E-state index contributed by atoms with van der Waals surface area (Å²) in [7, 11) is 0. The maximum absolute atomic E-state index is 12.6. The Balaban J connectivity index is 2.47. The lowest BCUT2D eigenvalue weighted by Gasteiger charge is -2.24. The van der Waals surface area contributed by atoms with Crippen molar-refractivity contribution in [3.8, 4) is 0 Å². The molecule has 1 heterocycles. The minimum atomic E-state index is -4.79. The van der Waals surface area contributed by atoms with Crippen LogP contribution < -0.4 is 4.90 Å². The number of amides is 1. The lowest BCUT2D eigenvalue weighted by Crippen LogP contribution is -2.28. The average molecular weight is 294 g/mol. The van der Waals surface area contributed by atoms with Crippen LogP contribution in [0.1, 0.15) is 24.5 Å². The van der Waals surface area contributed by atoms with Crippen molar-refractivity contribution >= 4 is 23.2 Å². The third-order valence-corrected chi connectivity index (χ3v) is 3.20. The van der Waals surface area contributed by atoms with Crippen LogP contribution in [0.5, 0.6) is 0 Å². The molecule has 1 N–H and O–H groups in total. The van der Waals surface area contributed by atoms with Crippen molar-refractivity contribution < 1.29 is 23.1 Å². The average Bonchev–Trinajstić information content (AvgIpc) is 2.73. The van der Waals surface area contributed by atoms with Gasteiger partial charge in [-0.25, -0.2) is 0 Å². The first-order chi connectivity index (χ1) is 8.80. The van der Waals surface area contributed by atoms with Gasteiger partial charge in [-0.2, -0.15) is 13.2 Å². The van der Waals surface area contributed by atoms with E-state index in [2.05, 4.69) is 0 Å². The first-order valence-electron chi connectivity index (χ1n) is 5.65. The van der Waals surface area contributed by atoms with Crippen molar-refractivity contribution in [2.75, 3.05) is 11.4 Å². The Morgan fingerprint density at radius 3 is 2.58 bits per heavy atom. The van der Waals surface area contributed by atoms with Crippen LogP contribution in [-0.2, 0) is 4.79 Å². The highest BCUT2D eigenvalue weighted by molar-refractivity contribution is 6.31. The number of anilines is 1. The Kier molecular flexibility index (Phi) is 3.73. The maximum atomic E-state index is 12.6. The monoisotopic (exact) mass is 293 g/mol. The van der Waals surface area contributed by atoms with Gasteiger partial charge in [0.15, 0.2) is 6.10 Å². The molecule has 0 radical (unpaired) electrons. The summed E-state index contributed by atoms with van der Waals surface area (Å²) < 4.78 is 37.8. The molecular weight excluding hydrogens is 283 g/mol. The van der Waals surface area contributed by atoms with Crippen molar-refractivity contribution in [3.63, 3.8) is 0 Å². The summed E-state index contributed by atoms with van der Waals surface area (Å²) in [6.07, 6.45) is -6.56. The summed E-state index contributed by atoms with van der Waals surface area (Å²) >= 11 is 5.76. The second-order valence-corrected chi connectivity index (χ2v) is 4.73. The van der Waals surface area contributed by atoms with E-state index in [4.69, 9.17) is 11.6 Å². The molecule has 104 valence electrons. The molecule has 7 heteroatoms. The number of carbonyl (C=O) groups is 1. The molecule has 0 saturated carbocycles. The fraction of sp³-hybridized carbons (Fsp3) is 0.417. The minimum absolute atomic E-state index is 0.0276. The molecule has 1 aliphatic heterocycles. The molecule has 19 heavy (non-hydrogen) atoms. The molecule has 1 atom stereocenters. The summed E-state index contributed by atoms with van der Waals surface area (Å²) in [5.74, 6) is -0.266. The topological polar surface area (TPSA) is 40.5 Å². The van der Waals surface area contributed by atoms with Gasteiger partial charge in [0, 0.05) is 23.6 Å². The zero-order chi connectivity index (χ0) is 14.2. The maximum Gasteiger partial charge on any atom is 0.418 e. The van der Waals surface area contributed by atoms with Gasteiger partial charge < -0.3 is 10.0 Å². The summed E-state index contributed by atoms with van der Waals surface area (Å²) in [4.78, 5) is 12.9. The molecule has 1 saturated heterocycles. The predicted molar refractivity (Wildman–Crippen MR) is 64.1 cm³/mol. The standard InChI is InChI=1S/C12H11ClF3NO2/c13-7-3-4-8(11(19)12(14,15)16)9(6-7)17-5-1-2-10(17)18/h3-4,6,11,19H,1-2,5H2/t11-/m1/s1. The third kappa shape index (κ3) is 2.84. The number of benzene rings is 1. The Hall–Kier alpha value is -1.27. The van der Waals surface area contributed by atoms with Crippen LogP contribution in [0.25, 0.3) is 0 Å². The zero-order valence-corrected chi connectivity index (χ0v) is 10.5. The molecule has 2 rings (SSSR count). The molecule has 1 amide bonds. The smallest absolute Gasteiger partial charge is 0.379 e. The van der Waals surface area contributed by atoms with Crippen LogP contribution in [0.4, 0.5) is 18.9 Å². The van der Waals surface area contributed by atoms with Crippen molar-refractivity contribution in [3.05, 3.63) is 28.8 Å². The van der Waals surface area contributed by atoms with Crippen molar-refractivity contribution in [2.24, 2.45) is 0 Å². The summed E-state index contributed by atoms with van der Waals surface area (Å²) in [6, 6.07) is 3.63. The van der Waals surface area contributed by atoms with Gasteiger partial charge in [-0.3, -0.25) is 4.79 Å². The summed E-state index contributed by atoms with van der Waals surface area (Å²) in [5, 5.41) is 9.58. The Morgan fingerprint density at radius 2 is 2.05 bits per heavy atom. The minimum Gasteiger partial charge on any atom is -0.379 e. The number of aliphatic hydroxyl groups excluding tert-OH is 1. The van der Waals surface area contributed by atoms with Crippen molar-refractivity contribution in [1.29, 1.82) is 0 Å². The van der Waals surface area contributed by atoms with E-state index in [1.807, 2.05) is 0 Å². The van der Waals surface area contributed by atoms with E-state index in [1.54, 1.807) is 0 Å². The van der Waals surface area contributed by atoms with Gasteiger partial charge in [0.1, 0.15) is 0 Å². The quantitative estimate of drug-likeness (QED) is 0.910. The van der Waals surface area contributed by atoms with E-state index in [9.17, 15) is 23.1 Å². The molecule has 0 spiro atoms. The zero-order valence-electron chi connectivity index (χ0n) is 9.75. The normalized spacial score (nSPS) is 17.9. The number of aliphatic hydroxyl groups is 1. The number of alkyl halides is 3. The van der Waals surface area contributed by atoms with E-state index < -0.39 is 12.3 Å². The fourth-order valence-corrected chi connectivity index (χ4v) is 2.23. The highest BCUT2D eigenvalue weighted by Crippen LogP contribution is 2.39. The summed E-state index contributed by atoms with van der Waals surface area (Å²) in [6.45, 7) is 0.330. The van der Waals surface area contributed by atoms with E-state index >= 15 is 0 Å². The van der Waals surface area contributed by atoms with Crippen LogP contribution in [0, 0.1) is 0 Å². The number of carbonyl (C=O) groups excluding carboxylic acids is 1. The lowest BCUT2D eigenvalue weighted by molar-refractivity contribution is -0.206. The van der Waals surface area contributed by atoms with Crippen molar-refractivity contribution in [2.45, 2.75) is 25.1 Å². The number of rotatable bonds is 2. The van der Waals surface area contributed by atoms with Crippen molar-refractivity contribution in [1.82, 2.24) is 0 Å². The van der Waals surface area contributed by atoms with E-state index in [0.29, 0.717) is 13.0 Å². The van der Waals surface area contributed by atoms with Crippen LogP contribution in [0.2, 0.25) is 5.02 Å². The van der Waals surface area contributed by atoms with E-state index in [0.717, 1.165) is 6.07 Å². The molecule has 0 aliphatic carbocycles. The Morgan fingerprint density at radius 1 is 1.37 bits per heavy atom. The fourth-order valence-electron chi connectivity index (χ4n) is 2.06. The second kappa shape index (κ2) is 5.02. The Bertz CT molecular complexity index is 504. The van der Waals surface area contributed by atoms with Crippen LogP contribution in [0.15, 0.2) is 18.2 Å². The van der Waals surface area contributed by atoms with Crippen LogP contribution >= 0.6 is 11.6 Å². The molecule has 0 bridgehead atoms. The van der Waals surface area contributed by atoms with Crippen LogP contribution in [-0.4, -0.2) is 23.7 Å². The molecule has 1 aromatic rings. The second-order valence-electron chi connectivity index (χ2n) is 4.30. The van der Waals surface area contributed by atoms with Gasteiger partial charge in [0.25, 0.3) is 0 Å². The lowest BCUT2D eigenvalue weighted by atomic mass is 10.1. The first kappa shape index (κ1) is 14.1.